The highest BCUT2D eigenvalue weighted by atomic mass is 19.4. The van der Waals surface area contributed by atoms with Gasteiger partial charge in [0.15, 0.2) is 0 Å². The second-order valence-corrected chi connectivity index (χ2v) is 8.82. The summed E-state index contributed by atoms with van der Waals surface area (Å²) in [5.74, 6) is 0.606. The number of hydrogen-bond donors (Lipinski definition) is 1. The number of likely N-dealkylation sites (tertiary alicyclic amines) is 2. The van der Waals surface area contributed by atoms with Crippen LogP contribution in [0.25, 0.3) is 0 Å². The van der Waals surface area contributed by atoms with Crippen molar-refractivity contribution >= 4 is 5.91 Å². The lowest BCUT2D eigenvalue weighted by molar-refractivity contribution is -0.274. The quantitative estimate of drug-likeness (QED) is 0.657. The van der Waals surface area contributed by atoms with Crippen molar-refractivity contribution in [2.75, 3.05) is 26.7 Å². The molecule has 9 heteroatoms. The summed E-state index contributed by atoms with van der Waals surface area (Å²) in [5, 5.41) is 2.78. The molecule has 2 aliphatic heterocycles. The second kappa shape index (κ2) is 10.7. The minimum absolute atomic E-state index is 0.00284. The molecular formula is C25H30F3N3O3. The van der Waals surface area contributed by atoms with Gasteiger partial charge in [0.1, 0.15) is 17.6 Å². The van der Waals surface area contributed by atoms with Crippen LogP contribution < -0.4 is 14.8 Å². The first-order valence-corrected chi connectivity index (χ1v) is 11.6. The van der Waals surface area contributed by atoms with E-state index in [2.05, 4.69) is 19.9 Å². The SMILES string of the molecule is CNC(=O)[C@@H]1C[C@H](Oc2ccccc2)CN1C1CCN(Cc2cccc(OC(F)(F)F)c2)CC1. The first-order chi connectivity index (χ1) is 16.3. The molecule has 2 saturated heterocycles. The van der Waals surface area contributed by atoms with Gasteiger partial charge in [0.05, 0.1) is 6.04 Å². The molecule has 184 valence electrons. The van der Waals surface area contributed by atoms with Gasteiger partial charge in [-0.15, -0.1) is 13.2 Å². The van der Waals surface area contributed by atoms with E-state index in [9.17, 15) is 18.0 Å². The van der Waals surface area contributed by atoms with Crippen molar-refractivity contribution in [1.82, 2.24) is 15.1 Å². The normalized spacial score (nSPS) is 22.5. The van der Waals surface area contributed by atoms with Crippen LogP contribution in [0.5, 0.6) is 11.5 Å². The molecule has 0 bridgehead atoms. The predicted molar refractivity (Wildman–Crippen MR) is 121 cm³/mol. The molecule has 1 N–H and O–H groups in total. The molecule has 2 fully saturated rings. The van der Waals surface area contributed by atoms with E-state index < -0.39 is 6.36 Å². The van der Waals surface area contributed by atoms with Crippen molar-refractivity contribution in [2.45, 2.75) is 50.4 Å². The third kappa shape index (κ3) is 6.42. The molecule has 0 aromatic heterocycles. The average Bonchev–Trinajstić information content (AvgIpc) is 3.22. The number of hydrogen-bond acceptors (Lipinski definition) is 5. The zero-order chi connectivity index (χ0) is 24.1. The monoisotopic (exact) mass is 477 g/mol. The minimum atomic E-state index is -4.70. The molecule has 0 spiro atoms. The van der Waals surface area contributed by atoms with E-state index in [1.165, 1.54) is 12.1 Å². The van der Waals surface area contributed by atoms with E-state index in [1.54, 1.807) is 13.1 Å². The number of para-hydroxylation sites is 1. The Hall–Kier alpha value is -2.78. The summed E-state index contributed by atoms with van der Waals surface area (Å²) in [4.78, 5) is 17.1. The number of nitrogens with one attached hydrogen (secondary N) is 1. The number of alkyl halides is 3. The van der Waals surface area contributed by atoms with Crippen LogP contribution in [0.1, 0.15) is 24.8 Å². The van der Waals surface area contributed by atoms with Crippen molar-refractivity contribution < 1.29 is 27.4 Å². The summed E-state index contributed by atoms with van der Waals surface area (Å²) in [5.41, 5.74) is 0.779. The lowest BCUT2D eigenvalue weighted by atomic mass is 10.0. The van der Waals surface area contributed by atoms with Crippen LogP contribution in [0, 0.1) is 0 Å². The van der Waals surface area contributed by atoms with Gasteiger partial charge in [0.25, 0.3) is 0 Å². The van der Waals surface area contributed by atoms with Crippen molar-refractivity contribution in [1.29, 1.82) is 0 Å². The fraction of sp³-hybridized carbons (Fsp3) is 0.480. The van der Waals surface area contributed by atoms with E-state index in [-0.39, 0.29) is 29.8 Å². The number of amides is 1. The number of likely N-dealkylation sites (N-methyl/N-ethyl adjacent to an activating group) is 1. The van der Waals surface area contributed by atoms with E-state index >= 15 is 0 Å². The van der Waals surface area contributed by atoms with Crippen molar-refractivity contribution in [3.63, 3.8) is 0 Å². The molecule has 34 heavy (non-hydrogen) atoms. The van der Waals surface area contributed by atoms with Gasteiger partial charge < -0.3 is 14.8 Å². The smallest absolute Gasteiger partial charge is 0.489 e. The predicted octanol–water partition coefficient (Wildman–Crippen LogP) is 3.82. The summed E-state index contributed by atoms with van der Waals surface area (Å²) >= 11 is 0. The highest BCUT2D eigenvalue weighted by molar-refractivity contribution is 5.82. The van der Waals surface area contributed by atoms with E-state index in [1.807, 2.05) is 36.4 Å². The zero-order valence-electron chi connectivity index (χ0n) is 19.1. The molecule has 4 rings (SSSR count). The van der Waals surface area contributed by atoms with Gasteiger partial charge in [0, 0.05) is 32.6 Å². The van der Waals surface area contributed by atoms with Crippen molar-refractivity contribution in [3.8, 4) is 11.5 Å². The molecule has 0 radical (unpaired) electrons. The number of rotatable bonds is 7. The van der Waals surface area contributed by atoms with Gasteiger partial charge in [-0.3, -0.25) is 14.6 Å². The Kier molecular flexibility index (Phi) is 7.63. The lowest BCUT2D eigenvalue weighted by Gasteiger charge is -2.38. The molecule has 1 amide bonds. The Morgan fingerprint density at radius 3 is 2.44 bits per heavy atom. The van der Waals surface area contributed by atoms with Gasteiger partial charge in [-0.25, -0.2) is 0 Å². The maximum absolute atomic E-state index is 12.6. The van der Waals surface area contributed by atoms with Crippen LogP contribution in [0.3, 0.4) is 0 Å². The van der Waals surface area contributed by atoms with E-state index in [0.717, 1.165) is 37.2 Å². The lowest BCUT2D eigenvalue weighted by Crippen LogP contribution is -2.50. The summed E-state index contributed by atoms with van der Waals surface area (Å²) in [6.07, 6.45) is -2.36. The molecule has 2 atom stereocenters. The molecule has 0 aliphatic carbocycles. The first kappa shape index (κ1) is 24.3. The number of halogens is 3. The molecule has 2 aromatic carbocycles. The fourth-order valence-corrected chi connectivity index (χ4v) is 4.93. The summed E-state index contributed by atoms with van der Waals surface area (Å²) in [6, 6.07) is 15.8. The third-order valence-electron chi connectivity index (χ3n) is 6.46. The van der Waals surface area contributed by atoms with Gasteiger partial charge in [-0.1, -0.05) is 30.3 Å². The Labute approximate surface area is 197 Å². The maximum atomic E-state index is 12.6. The van der Waals surface area contributed by atoms with Crippen LogP contribution in [-0.4, -0.2) is 66.9 Å². The molecule has 0 saturated carbocycles. The van der Waals surface area contributed by atoms with E-state index in [4.69, 9.17) is 4.74 Å². The van der Waals surface area contributed by atoms with Gasteiger partial charge in [-0.2, -0.15) is 0 Å². The molecule has 2 aliphatic rings. The fourth-order valence-electron chi connectivity index (χ4n) is 4.93. The summed E-state index contributed by atoms with van der Waals surface area (Å²) in [6.45, 7) is 2.85. The van der Waals surface area contributed by atoms with Crippen LogP contribution in [0.2, 0.25) is 0 Å². The van der Waals surface area contributed by atoms with Gasteiger partial charge in [-0.05, 0) is 55.8 Å². The number of nitrogens with zero attached hydrogens (tertiary/aromatic N) is 2. The largest absolute Gasteiger partial charge is 0.573 e. The standard InChI is InChI=1S/C25H30F3N3O3/c1-29-24(32)23-15-22(33-20-7-3-2-4-8-20)17-31(23)19-10-12-30(13-11-19)16-18-6-5-9-21(14-18)34-25(26,27)28/h2-9,14,19,22-23H,10-13,15-17H2,1H3,(H,29,32)/t22-,23-/m0/s1. The van der Waals surface area contributed by atoms with Crippen molar-refractivity contribution in [2.24, 2.45) is 0 Å². The van der Waals surface area contributed by atoms with Crippen molar-refractivity contribution in [3.05, 3.63) is 60.2 Å². The molecule has 2 heterocycles. The van der Waals surface area contributed by atoms with Crippen LogP contribution in [-0.2, 0) is 11.3 Å². The van der Waals surface area contributed by atoms with Crippen LogP contribution in [0.4, 0.5) is 13.2 Å². The van der Waals surface area contributed by atoms with E-state index in [0.29, 0.717) is 19.5 Å². The highest BCUT2D eigenvalue weighted by Gasteiger charge is 2.42. The average molecular weight is 478 g/mol. The Bertz CT molecular complexity index is 949. The number of benzene rings is 2. The Balaban J connectivity index is 1.34. The third-order valence-corrected chi connectivity index (χ3v) is 6.46. The number of carbonyl (C=O) groups is 1. The Morgan fingerprint density at radius 1 is 1.06 bits per heavy atom. The van der Waals surface area contributed by atoms with Gasteiger partial charge in [0.2, 0.25) is 5.91 Å². The zero-order valence-corrected chi connectivity index (χ0v) is 19.1. The molecule has 6 nitrogen and oxygen atoms in total. The van der Waals surface area contributed by atoms with Crippen LogP contribution >= 0.6 is 0 Å². The maximum Gasteiger partial charge on any atom is 0.573 e. The molecule has 0 unspecified atom stereocenters. The van der Waals surface area contributed by atoms with Crippen LogP contribution in [0.15, 0.2) is 54.6 Å². The second-order valence-electron chi connectivity index (χ2n) is 8.82. The number of piperidine rings is 1. The number of ether oxygens (including phenoxy) is 2. The molecular weight excluding hydrogens is 447 g/mol. The minimum Gasteiger partial charge on any atom is -0.489 e. The Morgan fingerprint density at radius 2 is 1.76 bits per heavy atom. The summed E-state index contributed by atoms with van der Waals surface area (Å²) in [7, 11) is 1.66. The summed E-state index contributed by atoms with van der Waals surface area (Å²) < 4.78 is 47.7. The molecule has 2 aromatic rings. The topological polar surface area (TPSA) is 54.0 Å². The first-order valence-electron chi connectivity index (χ1n) is 11.6. The highest BCUT2D eigenvalue weighted by Crippen LogP contribution is 2.30. The van der Waals surface area contributed by atoms with Gasteiger partial charge >= 0.3 is 6.36 Å². The number of carbonyl (C=O) groups excluding carboxylic acids is 1.